The molecule has 0 aromatic rings. The van der Waals surface area contributed by atoms with Crippen LogP contribution in [0.25, 0.3) is 0 Å². The molecule has 7 heteroatoms. The molecule has 7 nitrogen and oxygen atoms in total. The van der Waals surface area contributed by atoms with Gasteiger partial charge in [0.15, 0.2) is 5.54 Å². The van der Waals surface area contributed by atoms with E-state index in [1.165, 1.54) is 18.9 Å². The van der Waals surface area contributed by atoms with E-state index >= 15 is 0 Å². The fourth-order valence-electron chi connectivity index (χ4n) is 2.98. The Balaban J connectivity index is 2.63. The first-order valence-corrected chi connectivity index (χ1v) is 6.70. The molecule has 21 heavy (non-hydrogen) atoms. The van der Waals surface area contributed by atoms with E-state index in [1.807, 2.05) is 20.8 Å². The van der Waals surface area contributed by atoms with Crippen molar-refractivity contribution in [2.75, 3.05) is 13.7 Å². The van der Waals surface area contributed by atoms with Gasteiger partial charge in [-0.2, -0.15) is 0 Å². The number of hydrogen-bond acceptors (Lipinski definition) is 6. The Morgan fingerprint density at radius 1 is 1.48 bits per heavy atom. The van der Waals surface area contributed by atoms with Crippen LogP contribution in [-0.4, -0.2) is 58.6 Å². The van der Waals surface area contributed by atoms with E-state index in [0.29, 0.717) is 0 Å². The van der Waals surface area contributed by atoms with Crippen molar-refractivity contribution in [3.63, 3.8) is 0 Å². The Hall–Kier alpha value is -1.60. The summed E-state index contributed by atoms with van der Waals surface area (Å²) in [7, 11) is 1.18. The van der Waals surface area contributed by atoms with Gasteiger partial charge >= 0.3 is 5.97 Å². The summed E-state index contributed by atoms with van der Waals surface area (Å²) < 4.78 is 10.4. The molecule has 0 bridgehead atoms. The summed E-state index contributed by atoms with van der Waals surface area (Å²) in [5.74, 6) is -1.67. The van der Waals surface area contributed by atoms with Crippen molar-refractivity contribution in [2.24, 2.45) is 5.41 Å². The number of hydrogen-bond donors (Lipinski definition) is 2. The number of methoxy groups -OCH3 is 1. The molecule has 2 aliphatic rings. The van der Waals surface area contributed by atoms with Crippen molar-refractivity contribution in [1.29, 1.82) is 0 Å². The molecule has 0 radical (unpaired) electrons. The lowest BCUT2D eigenvalue weighted by Crippen LogP contribution is -2.59. The van der Waals surface area contributed by atoms with Gasteiger partial charge in [-0.05, 0) is 6.92 Å². The third-order valence-electron chi connectivity index (χ3n) is 3.97. The van der Waals surface area contributed by atoms with E-state index in [4.69, 9.17) is 9.47 Å². The maximum absolute atomic E-state index is 12.6. The fourth-order valence-corrected chi connectivity index (χ4v) is 2.98. The minimum atomic E-state index is -1.64. The van der Waals surface area contributed by atoms with E-state index in [1.54, 1.807) is 0 Å². The monoisotopic (exact) mass is 299 g/mol. The van der Waals surface area contributed by atoms with E-state index < -0.39 is 35.2 Å². The van der Waals surface area contributed by atoms with Gasteiger partial charge in [0.1, 0.15) is 18.1 Å². The van der Waals surface area contributed by atoms with E-state index in [2.05, 4.69) is 0 Å². The maximum atomic E-state index is 12.6. The topological polar surface area (TPSA) is 96.3 Å². The van der Waals surface area contributed by atoms with Crippen LogP contribution in [-0.2, 0) is 19.1 Å². The molecule has 2 heterocycles. The van der Waals surface area contributed by atoms with Gasteiger partial charge in [-0.15, -0.1) is 0 Å². The van der Waals surface area contributed by atoms with Crippen molar-refractivity contribution < 1.29 is 29.3 Å². The van der Waals surface area contributed by atoms with Crippen molar-refractivity contribution in [1.82, 2.24) is 4.90 Å². The zero-order valence-corrected chi connectivity index (χ0v) is 12.8. The van der Waals surface area contributed by atoms with Crippen molar-refractivity contribution in [2.45, 2.75) is 45.6 Å². The highest BCUT2D eigenvalue weighted by molar-refractivity contribution is 6.05. The number of carbonyl (C=O) groups excluding carboxylic acids is 2. The van der Waals surface area contributed by atoms with Gasteiger partial charge in [-0.3, -0.25) is 9.69 Å². The number of nitrogens with zero attached hydrogens (tertiary/aromatic N) is 1. The van der Waals surface area contributed by atoms with Crippen LogP contribution in [0.3, 0.4) is 0 Å². The van der Waals surface area contributed by atoms with Crippen LogP contribution < -0.4 is 0 Å². The molecule has 3 atom stereocenters. The lowest BCUT2D eigenvalue weighted by molar-refractivity contribution is -0.161. The predicted molar refractivity (Wildman–Crippen MR) is 72.1 cm³/mol. The number of rotatable bonds is 1. The summed E-state index contributed by atoms with van der Waals surface area (Å²) >= 11 is 0. The second-order valence-electron chi connectivity index (χ2n) is 6.52. The van der Waals surface area contributed by atoms with Gasteiger partial charge in [-0.25, -0.2) is 4.79 Å². The van der Waals surface area contributed by atoms with Gasteiger partial charge < -0.3 is 19.7 Å². The van der Waals surface area contributed by atoms with E-state index in [9.17, 15) is 19.8 Å². The summed E-state index contributed by atoms with van der Waals surface area (Å²) in [6, 6.07) is 0. The highest BCUT2D eigenvalue weighted by Gasteiger charge is 2.69. The molecule has 1 unspecified atom stereocenters. The highest BCUT2D eigenvalue weighted by Crippen LogP contribution is 2.47. The van der Waals surface area contributed by atoms with Gasteiger partial charge in [0.25, 0.3) is 5.91 Å². The Morgan fingerprint density at radius 2 is 2.05 bits per heavy atom. The highest BCUT2D eigenvalue weighted by atomic mass is 16.6. The van der Waals surface area contributed by atoms with Crippen LogP contribution in [0.2, 0.25) is 0 Å². The smallest absolute Gasteiger partial charge is 0.337 e. The van der Waals surface area contributed by atoms with Crippen molar-refractivity contribution >= 4 is 11.9 Å². The SMILES string of the molecule is COC(=O)[C@@]12CO[C@@H](C(C)(C)C)N1C(=O)/C(=C(/C)O)C2O. The van der Waals surface area contributed by atoms with Gasteiger partial charge in [0.05, 0.1) is 19.3 Å². The quantitative estimate of drug-likeness (QED) is 0.412. The first kappa shape index (κ1) is 15.8. The molecule has 2 saturated heterocycles. The Kier molecular flexibility index (Phi) is 3.54. The molecular weight excluding hydrogens is 278 g/mol. The maximum Gasteiger partial charge on any atom is 0.337 e. The number of allylic oxidation sites excluding steroid dienone is 1. The second-order valence-corrected chi connectivity index (χ2v) is 6.52. The average molecular weight is 299 g/mol. The van der Waals surface area contributed by atoms with Gasteiger partial charge in [0, 0.05) is 5.41 Å². The van der Waals surface area contributed by atoms with Crippen LogP contribution in [0.5, 0.6) is 0 Å². The number of carbonyl (C=O) groups is 2. The standard InChI is InChI=1S/C14H21NO6/c1-7(16)8-9(17)14(12(19)20-5)6-21-11(13(2,3)4)15(14)10(8)18/h9,11,16-17H,6H2,1-5H3/b8-7-/t9?,11-,14-/m0/s1. The van der Waals surface area contributed by atoms with Gasteiger partial charge in [0.2, 0.25) is 0 Å². The number of fused-ring (bicyclic) bond motifs is 1. The van der Waals surface area contributed by atoms with Gasteiger partial charge in [-0.1, -0.05) is 20.8 Å². The lowest BCUT2D eigenvalue weighted by atomic mass is 9.90. The summed E-state index contributed by atoms with van der Waals surface area (Å²) in [5.41, 5.74) is -2.29. The summed E-state index contributed by atoms with van der Waals surface area (Å²) in [5, 5.41) is 20.2. The van der Waals surface area contributed by atoms with E-state index in [0.717, 1.165) is 0 Å². The van der Waals surface area contributed by atoms with Crippen LogP contribution in [0, 0.1) is 5.41 Å². The predicted octanol–water partition coefficient (Wildman–Crippen LogP) is 0.336. The molecule has 2 rings (SSSR count). The second kappa shape index (κ2) is 4.71. The zero-order valence-electron chi connectivity index (χ0n) is 12.8. The van der Waals surface area contributed by atoms with Crippen LogP contribution in [0.1, 0.15) is 27.7 Å². The molecule has 0 spiro atoms. The number of aliphatic hydroxyl groups is 2. The summed E-state index contributed by atoms with van der Waals surface area (Å²) in [4.78, 5) is 26.0. The molecule has 0 aliphatic carbocycles. The first-order chi connectivity index (χ1) is 9.59. The minimum absolute atomic E-state index is 0.175. The van der Waals surface area contributed by atoms with Crippen LogP contribution >= 0.6 is 0 Å². The molecule has 0 saturated carbocycles. The fraction of sp³-hybridized carbons (Fsp3) is 0.714. The zero-order chi connectivity index (χ0) is 16.2. The Morgan fingerprint density at radius 3 is 2.48 bits per heavy atom. The normalized spacial score (nSPS) is 35.0. The Bertz CT molecular complexity index is 516. The summed E-state index contributed by atoms with van der Waals surface area (Å²) in [6.45, 7) is 6.70. The molecule has 2 N–H and O–H groups in total. The van der Waals surface area contributed by atoms with Crippen LogP contribution in [0.4, 0.5) is 0 Å². The molecule has 2 fully saturated rings. The van der Waals surface area contributed by atoms with Crippen molar-refractivity contribution in [3.05, 3.63) is 11.3 Å². The first-order valence-electron chi connectivity index (χ1n) is 6.70. The molecule has 118 valence electrons. The number of aliphatic hydroxyl groups excluding tert-OH is 2. The minimum Gasteiger partial charge on any atom is -0.512 e. The number of amides is 1. The van der Waals surface area contributed by atoms with Crippen LogP contribution in [0.15, 0.2) is 11.3 Å². The van der Waals surface area contributed by atoms with E-state index in [-0.39, 0.29) is 17.9 Å². The largest absolute Gasteiger partial charge is 0.512 e. The number of esters is 1. The third kappa shape index (κ3) is 1.95. The lowest BCUT2D eigenvalue weighted by Gasteiger charge is -2.36. The molecular formula is C14H21NO6. The van der Waals surface area contributed by atoms with Crippen molar-refractivity contribution in [3.8, 4) is 0 Å². The molecule has 1 amide bonds. The average Bonchev–Trinajstić information content (AvgIpc) is 2.85. The third-order valence-corrected chi connectivity index (χ3v) is 3.97. The molecule has 0 aromatic heterocycles. The molecule has 2 aliphatic heterocycles. The molecule has 0 aromatic carbocycles. The Labute approximate surface area is 123 Å². The summed E-state index contributed by atoms with van der Waals surface area (Å²) in [6.07, 6.45) is -2.19. The number of ether oxygens (including phenoxy) is 2.